The van der Waals surface area contributed by atoms with Gasteiger partial charge in [-0.15, -0.1) is 0 Å². The average Bonchev–Trinajstić information content (AvgIpc) is 2.77. The van der Waals surface area contributed by atoms with Gasteiger partial charge >= 0.3 is 0 Å². The Morgan fingerprint density at radius 2 is 1.60 bits per heavy atom. The minimum atomic E-state index is -0.995. The number of unbranched alkanes of at least 4 members (excludes halogenated alkanes) is 1. The second-order valence-electron chi connectivity index (χ2n) is 7.96. The molecule has 0 spiro atoms. The van der Waals surface area contributed by atoms with Gasteiger partial charge < -0.3 is 14.2 Å². The van der Waals surface area contributed by atoms with E-state index in [-0.39, 0.29) is 23.5 Å². The summed E-state index contributed by atoms with van der Waals surface area (Å²) in [6, 6.07) is 11.5. The van der Waals surface area contributed by atoms with Crippen LogP contribution in [-0.4, -0.2) is 19.8 Å². The number of benzene rings is 2. The number of aryl methyl sites for hydroxylation is 1. The van der Waals surface area contributed by atoms with Gasteiger partial charge in [0.1, 0.15) is 0 Å². The van der Waals surface area contributed by atoms with E-state index in [1.165, 1.54) is 23.3 Å². The molecule has 1 aliphatic heterocycles. The molecule has 2 unspecified atom stereocenters. The highest BCUT2D eigenvalue weighted by Crippen LogP contribution is 2.32. The van der Waals surface area contributed by atoms with E-state index >= 15 is 0 Å². The first-order chi connectivity index (χ1) is 14.6. The van der Waals surface area contributed by atoms with E-state index in [0.29, 0.717) is 19.8 Å². The van der Waals surface area contributed by atoms with Crippen LogP contribution < -0.4 is 9.47 Å². The summed E-state index contributed by atoms with van der Waals surface area (Å²) in [7, 11) is 0. The highest BCUT2D eigenvalue weighted by molar-refractivity contribution is 5.35. The van der Waals surface area contributed by atoms with Crippen LogP contribution in [0.25, 0.3) is 0 Å². The third-order valence-electron chi connectivity index (χ3n) is 5.50. The molecule has 1 heterocycles. The standard InChI is InChI=1S/C25H32F2O3/c1-3-5-15-28-22-13-14-23(25(27)24(22)26)30-17-19-9-12-21(29-16-19)20-10-7-18(6-4-2)8-11-20/h7-8,10-11,13-14,19,21H,3-6,9,12,15-17H2,1-2H3. The average molecular weight is 419 g/mol. The van der Waals surface area contributed by atoms with Crippen molar-refractivity contribution in [1.82, 2.24) is 0 Å². The third-order valence-corrected chi connectivity index (χ3v) is 5.50. The van der Waals surface area contributed by atoms with Crippen LogP contribution in [-0.2, 0) is 11.2 Å². The van der Waals surface area contributed by atoms with Gasteiger partial charge in [-0.25, -0.2) is 0 Å². The Hall–Kier alpha value is -2.14. The smallest absolute Gasteiger partial charge is 0.204 e. The summed E-state index contributed by atoms with van der Waals surface area (Å²) >= 11 is 0. The fourth-order valence-corrected chi connectivity index (χ4v) is 3.66. The molecule has 0 aromatic heterocycles. The molecule has 30 heavy (non-hydrogen) atoms. The predicted octanol–water partition coefficient (Wildman–Crippen LogP) is 6.64. The minimum Gasteiger partial charge on any atom is -0.490 e. The minimum absolute atomic E-state index is 0.0675. The molecule has 5 heteroatoms. The summed E-state index contributed by atoms with van der Waals surface area (Å²) in [6.45, 7) is 5.40. The first kappa shape index (κ1) is 22.5. The van der Waals surface area contributed by atoms with Gasteiger partial charge in [-0.05, 0) is 48.9 Å². The van der Waals surface area contributed by atoms with Crippen molar-refractivity contribution in [2.45, 2.75) is 58.5 Å². The molecule has 2 aromatic rings. The Labute approximate surface area is 178 Å². The maximum absolute atomic E-state index is 14.3. The van der Waals surface area contributed by atoms with Crippen molar-refractivity contribution in [2.75, 3.05) is 19.8 Å². The molecule has 1 fully saturated rings. The lowest BCUT2D eigenvalue weighted by Crippen LogP contribution is -2.25. The van der Waals surface area contributed by atoms with Crippen LogP contribution in [0.2, 0.25) is 0 Å². The highest BCUT2D eigenvalue weighted by Gasteiger charge is 2.24. The van der Waals surface area contributed by atoms with Crippen molar-refractivity contribution in [3.05, 3.63) is 59.2 Å². The zero-order valence-corrected chi connectivity index (χ0v) is 18.0. The highest BCUT2D eigenvalue weighted by atomic mass is 19.2. The Morgan fingerprint density at radius 3 is 2.20 bits per heavy atom. The third kappa shape index (κ3) is 5.94. The van der Waals surface area contributed by atoms with E-state index in [2.05, 4.69) is 31.2 Å². The van der Waals surface area contributed by atoms with Gasteiger partial charge in [0, 0.05) is 5.92 Å². The van der Waals surface area contributed by atoms with Gasteiger partial charge in [0.2, 0.25) is 11.6 Å². The SMILES string of the molecule is CCCCOc1ccc(OCC2CCC(c3ccc(CCC)cc3)OC2)c(F)c1F. The molecule has 0 radical (unpaired) electrons. The fraction of sp³-hybridized carbons (Fsp3) is 0.520. The summed E-state index contributed by atoms with van der Waals surface area (Å²) in [6.07, 6.45) is 5.86. The summed E-state index contributed by atoms with van der Waals surface area (Å²) < 4.78 is 45.3. The summed E-state index contributed by atoms with van der Waals surface area (Å²) in [5, 5.41) is 0. The lowest BCUT2D eigenvalue weighted by Gasteiger charge is -2.29. The Kier molecular flexibility index (Phi) is 8.50. The quantitative estimate of drug-likeness (QED) is 0.405. The maximum Gasteiger partial charge on any atom is 0.204 e. The summed E-state index contributed by atoms with van der Waals surface area (Å²) in [4.78, 5) is 0. The van der Waals surface area contributed by atoms with E-state index in [9.17, 15) is 8.78 Å². The molecular weight excluding hydrogens is 386 g/mol. The Bertz CT molecular complexity index is 784. The van der Waals surface area contributed by atoms with Crippen molar-refractivity contribution in [3.8, 4) is 11.5 Å². The zero-order chi connectivity index (χ0) is 21.3. The molecule has 164 valence electrons. The second-order valence-corrected chi connectivity index (χ2v) is 7.96. The molecule has 3 nitrogen and oxygen atoms in total. The van der Waals surface area contributed by atoms with E-state index < -0.39 is 11.6 Å². The van der Waals surface area contributed by atoms with Gasteiger partial charge in [0.25, 0.3) is 0 Å². The van der Waals surface area contributed by atoms with Crippen molar-refractivity contribution in [3.63, 3.8) is 0 Å². The van der Waals surface area contributed by atoms with Crippen molar-refractivity contribution < 1.29 is 23.0 Å². The van der Waals surface area contributed by atoms with E-state index in [0.717, 1.165) is 38.5 Å². The molecular formula is C25H32F2O3. The Morgan fingerprint density at radius 1 is 0.900 bits per heavy atom. The van der Waals surface area contributed by atoms with Crippen LogP contribution in [0.5, 0.6) is 11.5 Å². The molecule has 0 aliphatic carbocycles. The zero-order valence-electron chi connectivity index (χ0n) is 18.0. The number of halogens is 2. The van der Waals surface area contributed by atoms with Crippen LogP contribution in [0.1, 0.15) is 63.2 Å². The van der Waals surface area contributed by atoms with E-state index in [1.807, 2.05) is 6.92 Å². The van der Waals surface area contributed by atoms with Gasteiger partial charge in [-0.2, -0.15) is 8.78 Å². The van der Waals surface area contributed by atoms with Crippen molar-refractivity contribution in [2.24, 2.45) is 5.92 Å². The van der Waals surface area contributed by atoms with E-state index in [4.69, 9.17) is 14.2 Å². The lowest BCUT2D eigenvalue weighted by atomic mass is 9.94. The predicted molar refractivity (Wildman–Crippen MR) is 114 cm³/mol. The van der Waals surface area contributed by atoms with Crippen molar-refractivity contribution >= 4 is 0 Å². The maximum atomic E-state index is 14.3. The number of hydrogen-bond acceptors (Lipinski definition) is 3. The molecule has 0 amide bonds. The van der Waals surface area contributed by atoms with Crippen molar-refractivity contribution in [1.29, 1.82) is 0 Å². The second kappa shape index (κ2) is 11.3. The summed E-state index contributed by atoms with van der Waals surface area (Å²) in [5.41, 5.74) is 2.54. The first-order valence-corrected chi connectivity index (χ1v) is 11.1. The summed E-state index contributed by atoms with van der Waals surface area (Å²) in [5.74, 6) is -1.98. The number of ether oxygens (including phenoxy) is 3. The van der Waals surface area contributed by atoms with E-state index in [1.54, 1.807) is 0 Å². The van der Waals surface area contributed by atoms with Crippen LogP contribution >= 0.6 is 0 Å². The molecule has 2 atom stereocenters. The van der Waals surface area contributed by atoms with Gasteiger partial charge in [0.05, 0.1) is 25.9 Å². The van der Waals surface area contributed by atoms with Crippen LogP contribution in [0.4, 0.5) is 8.78 Å². The van der Waals surface area contributed by atoms with Crippen LogP contribution in [0, 0.1) is 17.6 Å². The normalized spacial score (nSPS) is 18.9. The molecule has 0 saturated carbocycles. The first-order valence-electron chi connectivity index (χ1n) is 11.1. The molecule has 3 rings (SSSR count). The molecule has 0 N–H and O–H groups in total. The van der Waals surface area contributed by atoms with Gasteiger partial charge in [-0.1, -0.05) is 51.0 Å². The number of hydrogen-bond donors (Lipinski definition) is 0. The number of rotatable bonds is 10. The lowest BCUT2D eigenvalue weighted by molar-refractivity contribution is -0.0289. The van der Waals surface area contributed by atoms with Crippen LogP contribution in [0.3, 0.4) is 0 Å². The van der Waals surface area contributed by atoms with Gasteiger partial charge in [-0.3, -0.25) is 0 Å². The molecule has 2 aromatic carbocycles. The van der Waals surface area contributed by atoms with Gasteiger partial charge in [0.15, 0.2) is 11.5 Å². The Balaban J connectivity index is 1.48. The van der Waals surface area contributed by atoms with Crippen LogP contribution in [0.15, 0.2) is 36.4 Å². The fourth-order valence-electron chi connectivity index (χ4n) is 3.66. The molecule has 1 aliphatic rings. The molecule has 1 saturated heterocycles. The largest absolute Gasteiger partial charge is 0.490 e. The molecule has 0 bridgehead atoms. The monoisotopic (exact) mass is 418 g/mol. The topological polar surface area (TPSA) is 27.7 Å².